The smallest absolute Gasteiger partial charge is 0.254 e. The maximum absolute atomic E-state index is 12.3. The predicted octanol–water partition coefficient (Wildman–Crippen LogP) is 1.33. The van der Waals surface area contributed by atoms with Crippen molar-refractivity contribution in [1.29, 1.82) is 0 Å². The van der Waals surface area contributed by atoms with E-state index in [2.05, 4.69) is 4.90 Å². The molecule has 0 aromatic carbocycles. The van der Waals surface area contributed by atoms with Crippen LogP contribution in [0.5, 0.6) is 0 Å². The molecule has 1 aromatic rings. The third-order valence-corrected chi connectivity index (χ3v) is 7.07. The molecule has 2 fully saturated rings. The summed E-state index contributed by atoms with van der Waals surface area (Å²) in [6.45, 7) is 3.99. The molecule has 2 saturated heterocycles. The Balaban J connectivity index is 1.49. The molecule has 0 N–H and O–H groups in total. The molecule has 0 radical (unpaired) electrons. The molecule has 5 nitrogen and oxygen atoms in total. The van der Waals surface area contributed by atoms with Gasteiger partial charge in [0.25, 0.3) is 5.91 Å². The number of nitrogens with zero attached hydrogens (tertiary/aromatic N) is 2. The fourth-order valence-electron chi connectivity index (χ4n) is 3.33. The topological polar surface area (TPSA) is 57.7 Å². The van der Waals surface area contributed by atoms with E-state index in [4.69, 9.17) is 0 Å². The molecule has 22 heavy (non-hydrogen) atoms. The van der Waals surface area contributed by atoms with E-state index in [0.29, 0.717) is 11.5 Å². The Bertz CT molecular complexity index is 605. The third kappa shape index (κ3) is 3.88. The lowest BCUT2D eigenvalue weighted by molar-refractivity contribution is 0.0619. The largest absolute Gasteiger partial charge is 0.336 e. The number of thiophene rings is 1. The number of rotatable bonds is 3. The van der Waals surface area contributed by atoms with Crippen LogP contribution in [0.4, 0.5) is 0 Å². The Morgan fingerprint density at radius 2 is 2.05 bits per heavy atom. The van der Waals surface area contributed by atoms with Gasteiger partial charge in [-0.3, -0.25) is 9.69 Å². The van der Waals surface area contributed by atoms with Crippen molar-refractivity contribution in [2.45, 2.75) is 12.8 Å². The summed E-state index contributed by atoms with van der Waals surface area (Å²) in [4.78, 5) is 16.5. The second kappa shape index (κ2) is 6.68. The molecular weight excluding hydrogens is 320 g/mol. The molecule has 1 unspecified atom stereocenters. The Morgan fingerprint density at radius 1 is 1.27 bits per heavy atom. The van der Waals surface area contributed by atoms with Crippen molar-refractivity contribution in [3.63, 3.8) is 0 Å². The predicted molar refractivity (Wildman–Crippen MR) is 88.0 cm³/mol. The van der Waals surface area contributed by atoms with Crippen molar-refractivity contribution in [2.75, 3.05) is 44.2 Å². The highest BCUT2D eigenvalue weighted by molar-refractivity contribution is 7.91. The van der Waals surface area contributed by atoms with Gasteiger partial charge in [0.15, 0.2) is 9.84 Å². The van der Waals surface area contributed by atoms with Crippen LogP contribution in [0.2, 0.25) is 0 Å². The maximum Gasteiger partial charge on any atom is 0.254 e. The van der Waals surface area contributed by atoms with Crippen molar-refractivity contribution < 1.29 is 13.2 Å². The first-order valence-corrected chi connectivity index (χ1v) is 10.5. The van der Waals surface area contributed by atoms with E-state index in [1.807, 2.05) is 21.7 Å². The Kier molecular flexibility index (Phi) is 4.84. The van der Waals surface area contributed by atoms with Crippen LogP contribution in [0, 0.1) is 5.92 Å². The quantitative estimate of drug-likeness (QED) is 0.832. The number of hydrogen-bond acceptors (Lipinski definition) is 5. The zero-order chi connectivity index (χ0) is 15.6. The van der Waals surface area contributed by atoms with Crippen molar-refractivity contribution in [3.05, 3.63) is 22.4 Å². The van der Waals surface area contributed by atoms with Crippen LogP contribution < -0.4 is 0 Å². The fraction of sp³-hybridized carbons (Fsp3) is 0.667. The number of piperazine rings is 1. The molecule has 122 valence electrons. The first-order valence-electron chi connectivity index (χ1n) is 7.78. The van der Waals surface area contributed by atoms with E-state index in [9.17, 15) is 13.2 Å². The van der Waals surface area contributed by atoms with Crippen LogP contribution in [0.1, 0.15) is 23.2 Å². The summed E-state index contributed by atoms with van der Waals surface area (Å²) in [6.07, 6.45) is 1.80. The van der Waals surface area contributed by atoms with Gasteiger partial charge in [-0.1, -0.05) is 0 Å². The molecule has 1 atom stereocenters. The molecule has 7 heteroatoms. The molecule has 3 rings (SSSR count). The summed E-state index contributed by atoms with van der Waals surface area (Å²) in [5.74, 6) is 1.06. The van der Waals surface area contributed by atoms with Gasteiger partial charge in [-0.2, -0.15) is 11.3 Å². The van der Waals surface area contributed by atoms with Crippen molar-refractivity contribution in [1.82, 2.24) is 9.80 Å². The molecule has 0 spiro atoms. The fourth-order valence-corrected chi connectivity index (χ4v) is 5.72. The molecule has 3 heterocycles. The summed E-state index contributed by atoms with van der Waals surface area (Å²) >= 11 is 1.54. The molecule has 0 saturated carbocycles. The summed E-state index contributed by atoms with van der Waals surface area (Å²) in [6, 6.07) is 1.87. The van der Waals surface area contributed by atoms with Crippen LogP contribution >= 0.6 is 11.3 Å². The van der Waals surface area contributed by atoms with E-state index < -0.39 is 9.84 Å². The van der Waals surface area contributed by atoms with Gasteiger partial charge < -0.3 is 4.90 Å². The van der Waals surface area contributed by atoms with Gasteiger partial charge in [-0.25, -0.2) is 8.42 Å². The lowest BCUT2D eigenvalue weighted by atomic mass is 10.0. The van der Waals surface area contributed by atoms with Crippen molar-refractivity contribution in [3.8, 4) is 0 Å². The molecular formula is C15H22N2O3S2. The molecule has 0 bridgehead atoms. The lowest BCUT2D eigenvalue weighted by Crippen LogP contribution is -2.50. The SMILES string of the molecule is O=C(c1ccsc1)N1CCN(CC2CCCS(=O)(=O)C2)CC1. The second-order valence-corrected chi connectivity index (χ2v) is 9.24. The Labute approximate surface area is 135 Å². The lowest BCUT2D eigenvalue weighted by Gasteiger charge is -2.37. The Hall–Kier alpha value is -0.920. The average Bonchev–Trinajstić information content (AvgIpc) is 3.00. The summed E-state index contributed by atoms with van der Waals surface area (Å²) < 4.78 is 23.4. The van der Waals surface area contributed by atoms with Gasteiger partial charge in [-0.15, -0.1) is 0 Å². The van der Waals surface area contributed by atoms with Gasteiger partial charge in [0.1, 0.15) is 0 Å². The zero-order valence-electron chi connectivity index (χ0n) is 12.6. The highest BCUT2D eigenvalue weighted by atomic mass is 32.2. The minimum absolute atomic E-state index is 0.112. The van der Waals surface area contributed by atoms with Gasteiger partial charge in [0.2, 0.25) is 0 Å². The van der Waals surface area contributed by atoms with E-state index in [-0.39, 0.29) is 11.8 Å². The summed E-state index contributed by atoms with van der Waals surface area (Å²) in [7, 11) is -2.83. The molecule has 1 amide bonds. The van der Waals surface area contributed by atoms with Crippen molar-refractivity contribution >= 4 is 27.1 Å². The highest BCUT2D eigenvalue weighted by Gasteiger charge is 2.28. The van der Waals surface area contributed by atoms with Gasteiger partial charge in [0.05, 0.1) is 17.1 Å². The summed E-state index contributed by atoms with van der Waals surface area (Å²) in [5, 5.41) is 3.81. The standard InChI is InChI=1S/C15H22N2O3S2/c18-15(14-3-8-21-11-14)17-6-4-16(5-7-17)10-13-2-1-9-22(19,20)12-13/h3,8,11,13H,1-2,4-7,9-10,12H2. The van der Waals surface area contributed by atoms with E-state index in [1.54, 1.807) is 11.3 Å². The van der Waals surface area contributed by atoms with E-state index in [1.165, 1.54) is 0 Å². The summed E-state index contributed by atoms with van der Waals surface area (Å²) in [5.41, 5.74) is 0.775. The first-order chi connectivity index (χ1) is 10.5. The highest BCUT2D eigenvalue weighted by Crippen LogP contribution is 2.20. The minimum Gasteiger partial charge on any atom is -0.336 e. The number of hydrogen-bond donors (Lipinski definition) is 0. The van der Waals surface area contributed by atoms with Gasteiger partial charge in [-0.05, 0) is 30.2 Å². The number of carbonyl (C=O) groups is 1. The third-order valence-electron chi connectivity index (χ3n) is 4.50. The van der Waals surface area contributed by atoms with Gasteiger partial charge >= 0.3 is 0 Å². The van der Waals surface area contributed by atoms with Crippen molar-refractivity contribution in [2.24, 2.45) is 5.92 Å². The zero-order valence-corrected chi connectivity index (χ0v) is 14.2. The van der Waals surface area contributed by atoms with Crippen LogP contribution in [0.15, 0.2) is 16.8 Å². The minimum atomic E-state index is -2.83. The first kappa shape index (κ1) is 16.0. The average molecular weight is 342 g/mol. The number of carbonyl (C=O) groups excluding carboxylic acids is 1. The molecule has 2 aliphatic rings. The van der Waals surface area contributed by atoms with Gasteiger partial charge in [0, 0.05) is 38.1 Å². The Morgan fingerprint density at radius 3 is 2.68 bits per heavy atom. The van der Waals surface area contributed by atoms with Crippen LogP contribution in [-0.2, 0) is 9.84 Å². The van der Waals surface area contributed by atoms with Crippen LogP contribution in [0.3, 0.4) is 0 Å². The normalized spacial score (nSPS) is 26.0. The number of sulfone groups is 1. The van der Waals surface area contributed by atoms with E-state index >= 15 is 0 Å². The molecule has 1 aromatic heterocycles. The van der Waals surface area contributed by atoms with Crippen LogP contribution in [-0.4, -0.2) is 68.4 Å². The monoisotopic (exact) mass is 342 g/mol. The molecule has 2 aliphatic heterocycles. The number of amides is 1. The molecule has 0 aliphatic carbocycles. The van der Waals surface area contributed by atoms with Crippen LogP contribution in [0.25, 0.3) is 0 Å². The van der Waals surface area contributed by atoms with E-state index in [0.717, 1.165) is 51.1 Å². The maximum atomic E-state index is 12.3. The second-order valence-electron chi connectivity index (χ2n) is 6.23.